The van der Waals surface area contributed by atoms with Crippen LogP contribution >= 0.6 is 34.4 Å². The Morgan fingerprint density at radius 2 is 2.14 bits per heavy atom. The summed E-state index contributed by atoms with van der Waals surface area (Å²) in [5, 5.41) is 13.4. The number of carbonyl (C=O) groups is 1. The van der Waals surface area contributed by atoms with Crippen LogP contribution in [0.1, 0.15) is 43.2 Å². The van der Waals surface area contributed by atoms with Crippen molar-refractivity contribution in [3.05, 3.63) is 40.3 Å². The molecule has 150 valence electrons. The van der Waals surface area contributed by atoms with Crippen molar-refractivity contribution >= 4 is 55.6 Å². The van der Waals surface area contributed by atoms with Gasteiger partial charge in [-0.05, 0) is 48.3 Å². The number of hydrogen-bond acceptors (Lipinski definition) is 6. The van der Waals surface area contributed by atoms with Gasteiger partial charge >= 0.3 is 0 Å². The zero-order chi connectivity index (χ0) is 20.6. The van der Waals surface area contributed by atoms with Gasteiger partial charge in [0.1, 0.15) is 11.1 Å². The lowest BCUT2D eigenvalue weighted by atomic mass is 9.72. The molecule has 1 aliphatic rings. The fourth-order valence-electron chi connectivity index (χ4n) is 3.73. The van der Waals surface area contributed by atoms with Gasteiger partial charge in [0, 0.05) is 4.88 Å². The average molecular weight is 442 g/mol. The molecule has 2 heterocycles. The summed E-state index contributed by atoms with van der Waals surface area (Å²) in [5.74, 6) is 0.813. The first-order valence-electron chi connectivity index (χ1n) is 9.68. The normalized spacial score (nSPS) is 16.4. The maximum Gasteiger partial charge on any atom is 0.235 e. The van der Waals surface area contributed by atoms with Gasteiger partial charge in [-0.25, -0.2) is 4.98 Å². The van der Waals surface area contributed by atoms with Gasteiger partial charge in [0.05, 0.1) is 21.5 Å². The molecular weight excluding hydrogens is 418 g/mol. The van der Waals surface area contributed by atoms with E-state index >= 15 is 0 Å². The first kappa shape index (κ1) is 20.4. The van der Waals surface area contributed by atoms with Gasteiger partial charge in [0.25, 0.3) is 0 Å². The molecule has 0 saturated heterocycles. The quantitative estimate of drug-likeness (QED) is 0.496. The van der Waals surface area contributed by atoms with Crippen LogP contribution in [0.4, 0.5) is 5.00 Å². The molecule has 4 nitrogen and oxygen atoms in total. The zero-order valence-electron chi connectivity index (χ0n) is 16.7. The van der Waals surface area contributed by atoms with Crippen molar-refractivity contribution in [3.63, 3.8) is 0 Å². The van der Waals surface area contributed by atoms with Gasteiger partial charge in [-0.1, -0.05) is 44.7 Å². The minimum atomic E-state index is -0.0864. The number of thioether (sulfide) groups is 1. The van der Waals surface area contributed by atoms with E-state index in [9.17, 15) is 10.1 Å². The summed E-state index contributed by atoms with van der Waals surface area (Å²) in [6.07, 6.45) is 3.02. The number of nitrogens with one attached hydrogen (secondary N) is 1. The van der Waals surface area contributed by atoms with Crippen molar-refractivity contribution < 1.29 is 4.79 Å². The molecule has 0 bridgehead atoms. The average Bonchev–Trinajstić information content (AvgIpc) is 3.25. The van der Waals surface area contributed by atoms with E-state index in [2.05, 4.69) is 37.1 Å². The molecule has 4 rings (SSSR count). The molecule has 2 aromatic heterocycles. The van der Waals surface area contributed by atoms with E-state index in [1.54, 1.807) is 22.7 Å². The predicted octanol–water partition coefficient (Wildman–Crippen LogP) is 6.11. The van der Waals surface area contributed by atoms with Crippen LogP contribution in [0.2, 0.25) is 0 Å². The second kappa shape index (κ2) is 8.10. The highest BCUT2D eigenvalue weighted by Crippen LogP contribution is 2.44. The number of aromatic nitrogens is 1. The maximum absolute atomic E-state index is 12.5. The van der Waals surface area contributed by atoms with Crippen molar-refractivity contribution in [3.8, 4) is 6.07 Å². The fourth-order valence-corrected chi connectivity index (χ4v) is 6.90. The minimum absolute atomic E-state index is 0.0864. The molecule has 1 aromatic carbocycles. The number of benzene rings is 1. The Hall–Kier alpha value is -1.88. The van der Waals surface area contributed by atoms with Crippen molar-refractivity contribution in [2.45, 2.75) is 44.4 Å². The Morgan fingerprint density at radius 3 is 2.86 bits per heavy atom. The molecule has 0 spiro atoms. The molecule has 1 amide bonds. The Labute approximate surface area is 183 Å². The number of fused-ring (bicyclic) bond motifs is 2. The molecule has 0 fully saturated rings. The van der Waals surface area contributed by atoms with E-state index in [0.29, 0.717) is 16.5 Å². The Balaban J connectivity index is 1.44. The van der Waals surface area contributed by atoms with E-state index < -0.39 is 0 Å². The number of nitrogens with zero attached hydrogens (tertiary/aromatic N) is 2. The van der Waals surface area contributed by atoms with E-state index in [4.69, 9.17) is 0 Å². The number of hydrogen-bond donors (Lipinski definition) is 1. The van der Waals surface area contributed by atoms with Crippen LogP contribution in [0, 0.1) is 22.7 Å². The van der Waals surface area contributed by atoms with Gasteiger partial charge in [-0.2, -0.15) is 5.26 Å². The van der Waals surface area contributed by atoms with Crippen LogP contribution < -0.4 is 5.32 Å². The van der Waals surface area contributed by atoms with Gasteiger partial charge in [0.15, 0.2) is 4.34 Å². The van der Waals surface area contributed by atoms with Crippen LogP contribution in [0.3, 0.4) is 0 Å². The van der Waals surface area contributed by atoms with Gasteiger partial charge in [-0.3, -0.25) is 4.79 Å². The first-order chi connectivity index (χ1) is 13.8. The van der Waals surface area contributed by atoms with E-state index in [1.807, 2.05) is 24.3 Å². The Morgan fingerprint density at radius 1 is 1.34 bits per heavy atom. The summed E-state index contributed by atoms with van der Waals surface area (Å²) >= 11 is 4.63. The number of carbonyl (C=O) groups excluding carboxylic acids is 1. The second-order valence-corrected chi connectivity index (χ2v) is 11.8. The first-order valence-corrected chi connectivity index (χ1v) is 12.3. The second-order valence-electron chi connectivity index (χ2n) is 8.41. The largest absolute Gasteiger partial charge is 0.316 e. The highest BCUT2D eigenvalue weighted by atomic mass is 32.2. The number of nitriles is 1. The molecule has 0 saturated carbocycles. The lowest BCUT2D eigenvalue weighted by Crippen LogP contribution is -2.26. The number of rotatable bonds is 4. The molecule has 29 heavy (non-hydrogen) atoms. The minimum Gasteiger partial charge on any atom is -0.316 e. The van der Waals surface area contributed by atoms with Crippen molar-refractivity contribution in [1.29, 1.82) is 5.26 Å². The highest BCUT2D eigenvalue weighted by molar-refractivity contribution is 8.01. The van der Waals surface area contributed by atoms with Crippen LogP contribution in [0.5, 0.6) is 0 Å². The smallest absolute Gasteiger partial charge is 0.235 e. The van der Waals surface area contributed by atoms with Crippen LogP contribution in [0.25, 0.3) is 10.2 Å². The number of thiophene rings is 1. The lowest BCUT2D eigenvalue weighted by molar-refractivity contribution is -0.113. The summed E-state index contributed by atoms with van der Waals surface area (Å²) in [6, 6.07) is 10.3. The van der Waals surface area contributed by atoms with Crippen molar-refractivity contribution in [1.82, 2.24) is 4.98 Å². The van der Waals surface area contributed by atoms with Gasteiger partial charge < -0.3 is 5.32 Å². The molecule has 1 aliphatic carbocycles. The third-order valence-electron chi connectivity index (χ3n) is 5.46. The number of thiazole rings is 1. The Kier molecular flexibility index (Phi) is 5.69. The fraction of sp³-hybridized carbons (Fsp3) is 0.409. The van der Waals surface area contributed by atoms with E-state index in [0.717, 1.165) is 39.4 Å². The number of anilines is 1. The molecule has 1 N–H and O–H groups in total. The standard InChI is InChI=1S/C22H23N3OS3/c1-22(2,3)13-8-9-14-15(11-23)20(28-18(14)10-13)25-19(26)12-27-21-24-16-6-4-5-7-17(16)29-21/h4-7,13H,8-10,12H2,1-3H3,(H,25,26)/t13-/m0/s1. The summed E-state index contributed by atoms with van der Waals surface area (Å²) < 4.78 is 2.02. The number of para-hydroxylation sites is 1. The third kappa shape index (κ3) is 4.35. The zero-order valence-corrected chi connectivity index (χ0v) is 19.2. The van der Waals surface area contributed by atoms with Crippen LogP contribution in [0.15, 0.2) is 28.6 Å². The van der Waals surface area contributed by atoms with E-state index in [-0.39, 0.29) is 17.1 Å². The Bertz CT molecular complexity index is 1070. The predicted molar refractivity (Wildman–Crippen MR) is 123 cm³/mol. The molecule has 0 unspecified atom stereocenters. The number of amides is 1. The SMILES string of the molecule is CC(C)(C)[C@H]1CCc2c(sc(NC(=O)CSc3nc4ccccc4s3)c2C#N)C1. The van der Waals surface area contributed by atoms with E-state index in [1.165, 1.54) is 16.6 Å². The topological polar surface area (TPSA) is 65.8 Å². The van der Waals surface area contributed by atoms with Gasteiger partial charge in [0.2, 0.25) is 5.91 Å². The summed E-state index contributed by atoms with van der Waals surface area (Å²) in [6.45, 7) is 6.84. The molecule has 0 aliphatic heterocycles. The molecule has 7 heteroatoms. The maximum atomic E-state index is 12.5. The summed E-state index contributed by atoms with van der Waals surface area (Å²) in [5.41, 5.74) is 3.03. The third-order valence-corrected chi connectivity index (χ3v) is 8.80. The van der Waals surface area contributed by atoms with Crippen molar-refractivity contribution in [2.24, 2.45) is 11.3 Å². The monoisotopic (exact) mass is 441 g/mol. The molecule has 1 atom stereocenters. The van der Waals surface area contributed by atoms with Crippen LogP contribution in [-0.2, 0) is 17.6 Å². The lowest BCUT2D eigenvalue weighted by Gasteiger charge is -2.33. The molecular formula is C22H23N3OS3. The summed E-state index contributed by atoms with van der Waals surface area (Å²) in [4.78, 5) is 18.4. The molecule has 0 radical (unpaired) electrons. The van der Waals surface area contributed by atoms with Crippen molar-refractivity contribution in [2.75, 3.05) is 11.1 Å². The highest BCUT2D eigenvalue weighted by Gasteiger charge is 2.32. The van der Waals surface area contributed by atoms with Gasteiger partial charge in [-0.15, -0.1) is 22.7 Å². The van der Waals surface area contributed by atoms with Crippen LogP contribution in [-0.4, -0.2) is 16.6 Å². The molecule has 3 aromatic rings. The summed E-state index contributed by atoms with van der Waals surface area (Å²) in [7, 11) is 0.